The van der Waals surface area contributed by atoms with E-state index in [0.29, 0.717) is 12.0 Å². The minimum absolute atomic E-state index is 0.0293. The maximum atomic E-state index is 12.4. The second-order valence-corrected chi connectivity index (χ2v) is 9.92. The Balaban J connectivity index is 1.41. The van der Waals surface area contributed by atoms with Crippen LogP contribution in [-0.2, 0) is 32.2 Å². The van der Waals surface area contributed by atoms with E-state index >= 15 is 0 Å². The molecule has 0 radical (unpaired) electrons. The van der Waals surface area contributed by atoms with Crippen LogP contribution >= 0.6 is 0 Å². The van der Waals surface area contributed by atoms with Gasteiger partial charge in [0, 0.05) is 29.7 Å². The molecule has 1 aliphatic heterocycles. The van der Waals surface area contributed by atoms with Crippen LogP contribution in [0.1, 0.15) is 40.9 Å². The van der Waals surface area contributed by atoms with E-state index in [-0.39, 0.29) is 17.5 Å². The topological polar surface area (TPSA) is 96.5 Å². The molecule has 0 spiro atoms. The molecule has 0 bridgehead atoms. The van der Waals surface area contributed by atoms with E-state index in [1.165, 1.54) is 22.6 Å². The average Bonchev–Trinajstić information content (AvgIpc) is 3.24. The number of carbonyl (C=O) groups excluding carboxylic acids is 2. The van der Waals surface area contributed by atoms with Crippen molar-refractivity contribution in [2.75, 3.05) is 25.2 Å². The number of H-pyrrole nitrogens is 1. The summed E-state index contributed by atoms with van der Waals surface area (Å²) in [7, 11) is -1.52. The van der Waals surface area contributed by atoms with Gasteiger partial charge in [0.2, 0.25) is 0 Å². The molecule has 1 aromatic heterocycles. The minimum atomic E-state index is -3.08. The third-order valence-electron chi connectivity index (χ3n) is 5.81. The van der Waals surface area contributed by atoms with Gasteiger partial charge in [-0.1, -0.05) is 0 Å². The molecule has 2 heterocycles. The number of aromatic nitrogens is 1. The molecule has 1 aromatic carbocycles. The van der Waals surface area contributed by atoms with E-state index in [9.17, 15) is 18.0 Å². The van der Waals surface area contributed by atoms with Crippen LogP contribution in [0, 0.1) is 0 Å². The Morgan fingerprint density at radius 1 is 1.25 bits per heavy atom. The molecule has 1 saturated heterocycles. The molecule has 2 aromatic rings. The summed E-state index contributed by atoms with van der Waals surface area (Å²) < 4.78 is 28.4. The van der Waals surface area contributed by atoms with Crippen molar-refractivity contribution in [2.24, 2.45) is 0 Å². The van der Waals surface area contributed by atoms with E-state index in [0.717, 1.165) is 30.2 Å². The Hall–Kier alpha value is -2.35. The summed E-state index contributed by atoms with van der Waals surface area (Å²) in [5.41, 5.74) is 3.95. The van der Waals surface area contributed by atoms with Crippen molar-refractivity contribution in [3.63, 3.8) is 0 Å². The number of aryl methyl sites for hydroxylation is 2. The lowest BCUT2D eigenvalue weighted by molar-refractivity contribution is -0.134. The van der Waals surface area contributed by atoms with Crippen molar-refractivity contribution >= 4 is 32.6 Å². The number of nitrogens with one attached hydrogen (secondary N) is 1. The molecule has 150 valence electrons. The molecule has 4 rings (SSSR count). The summed E-state index contributed by atoms with van der Waals surface area (Å²) in [4.78, 5) is 29.5. The molecule has 7 nitrogen and oxygen atoms in total. The zero-order valence-electron chi connectivity index (χ0n) is 15.9. The fourth-order valence-corrected chi connectivity index (χ4v) is 5.90. The maximum absolute atomic E-state index is 12.4. The summed E-state index contributed by atoms with van der Waals surface area (Å²) in [6.07, 6.45) is 4.77. The standard InChI is InChI=1S/C20H24N2O5S/c1-22(14-8-9-28(25,26)12-14)19(23)11-27-20(24)13-6-7-18-16(10-13)15-4-2-3-5-17(15)21-18/h6-7,10,14,21H,2-5,8-9,11-12H2,1H3/t14-/m1/s1. The van der Waals surface area contributed by atoms with Crippen LogP contribution in [0.5, 0.6) is 0 Å². The van der Waals surface area contributed by atoms with Crippen LogP contribution in [0.3, 0.4) is 0 Å². The minimum Gasteiger partial charge on any atom is -0.452 e. The number of likely N-dealkylation sites (N-methyl/N-ethyl adjacent to an activating group) is 1. The number of nitrogens with zero attached hydrogens (tertiary/aromatic N) is 1. The van der Waals surface area contributed by atoms with E-state index in [1.807, 2.05) is 12.1 Å². The lowest BCUT2D eigenvalue weighted by Gasteiger charge is -2.23. The molecule has 8 heteroatoms. The zero-order valence-corrected chi connectivity index (χ0v) is 16.7. The quantitative estimate of drug-likeness (QED) is 0.785. The van der Waals surface area contributed by atoms with Gasteiger partial charge in [-0.2, -0.15) is 0 Å². The summed E-state index contributed by atoms with van der Waals surface area (Å²) >= 11 is 0. The van der Waals surface area contributed by atoms with Gasteiger partial charge in [0.25, 0.3) is 5.91 Å². The Morgan fingerprint density at radius 3 is 2.79 bits per heavy atom. The number of sulfone groups is 1. The van der Waals surface area contributed by atoms with E-state index < -0.39 is 28.3 Å². The predicted molar refractivity (Wildman–Crippen MR) is 105 cm³/mol. The van der Waals surface area contributed by atoms with Gasteiger partial charge in [-0.05, 0) is 55.9 Å². The second-order valence-electron chi connectivity index (χ2n) is 7.69. The Bertz CT molecular complexity index is 1040. The normalized spacial score (nSPS) is 20.7. The van der Waals surface area contributed by atoms with Crippen LogP contribution in [0.25, 0.3) is 10.9 Å². The highest BCUT2D eigenvalue weighted by Crippen LogP contribution is 2.29. The maximum Gasteiger partial charge on any atom is 0.338 e. The monoisotopic (exact) mass is 404 g/mol. The zero-order chi connectivity index (χ0) is 19.9. The molecular formula is C20H24N2O5S. The van der Waals surface area contributed by atoms with Gasteiger partial charge in [-0.3, -0.25) is 4.79 Å². The summed E-state index contributed by atoms with van der Waals surface area (Å²) in [6, 6.07) is 5.06. The van der Waals surface area contributed by atoms with Gasteiger partial charge < -0.3 is 14.6 Å². The molecule has 28 heavy (non-hydrogen) atoms. The van der Waals surface area contributed by atoms with Gasteiger partial charge >= 0.3 is 5.97 Å². The number of ether oxygens (including phenoxy) is 1. The van der Waals surface area contributed by atoms with Gasteiger partial charge in [0.05, 0.1) is 17.1 Å². The number of esters is 1. The second kappa shape index (κ2) is 7.24. The smallest absolute Gasteiger partial charge is 0.338 e. The first kappa shape index (κ1) is 19.0. The van der Waals surface area contributed by atoms with Crippen molar-refractivity contribution in [2.45, 2.75) is 38.1 Å². The van der Waals surface area contributed by atoms with Crippen LogP contribution < -0.4 is 0 Å². The van der Waals surface area contributed by atoms with Gasteiger partial charge in [0.1, 0.15) is 0 Å². The molecule has 0 unspecified atom stereocenters. The highest BCUT2D eigenvalue weighted by atomic mass is 32.2. The van der Waals surface area contributed by atoms with Gasteiger partial charge in [0.15, 0.2) is 16.4 Å². The molecule has 2 aliphatic rings. The van der Waals surface area contributed by atoms with E-state index in [1.54, 1.807) is 13.1 Å². The van der Waals surface area contributed by atoms with E-state index in [2.05, 4.69) is 4.98 Å². The van der Waals surface area contributed by atoms with Crippen molar-refractivity contribution in [1.82, 2.24) is 9.88 Å². The third kappa shape index (κ3) is 3.65. The molecule has 1 amide bonds. The summed E-state index contributed by atoms with van der Waals surface area (Å²) in [5, 5.41) is 1.05. The Kier molecular flexibility index (Phi) is 4.91. The first-order valence-corrected chi connectivity index (χ1v) is 11.4. The number of rotatable bonds is 4. The molecule has 1 fully saturated rings. The largest absolute Gasteiger partial charge is 0.452 e. The summed E-state index contributed by atoms with van der Waals surface area (Å²) in [5.74, 6) is -0.877. The number of fused-ring (bicyclic) bond motifs is 3. The summed E-state index contributed by atoms with van der Waals surface area (Å²) in [6.45, 7) is -0.394. The number of hydrogen-bond acceptors (Lipinski definition) is 5. The average molecular weight is 404 g/mol. The van der Waals surface area contributed by atoms with Crippen molar-refractivity contribution in [3.05, 3.63) is 35.0 Å². The predicted octanol–water partition coefficient (Wildman–Crippen LogP) is 1.85. The van der Waals surface area contributed by atoms with Crippen LogP contribution in [0.15, 0.2) is 18.2 Å². The molecule has 1 atom stereocenters. The van der Waals surface area contributed by atoms with Crippen LogP contribution in [0.4, 0.5) is 0 Å². The molecule has 0 saturated carbocycles. The Labute approximate surface area is 164 Å². The SMILES string of the molecule is CN(C(=O)COC(=O)c1ccc2[nH]c3c(c2c1)CCCC3)[C@@H]1CCS(=O)(=O)C1. The van der Waals surface area contributed by atoms with Crippen LogP contribution in [-0.4, -0.2) is 61.4 Å². The number of carbonyl (C=O) groups is 2. The molecular weight excluding hydrogens is 380 g/mol. The van der Waals surface area contributed by atoms with Crippen molar-refractivity contribution in [1.29, 1.82) is 0 Å². The third-order valence-corrected chi connectivity index (χ3v) is 7.56. The first-order valence-electron chi connectivity index (χ1n) is 9.61. The van der Waals surface area contributed by atoms with Crippen molar-refractivity contribution < 1.29 is 22.7 Å². The molecule has 1 N–H and O–H groups in total. The highest BCUT2D eigenvalue weighted by molar-refractivity contribution is 7.91. The number of amides is 1. The first-order chi connectivity index (χ1) is 13.3. The highest BCUT2D eigenvalue weighted by Gasteiger charge is 2.33. The number of aromatic amines is 1. The fraction of sp³-hybridized carbons (Fsp3) is 0.500. The number of hydrogen-bond donors (Lipinski definition) is 1. The lowest BCUT2D eigenvalue weighted by atomic mass is 9.95. The van der Waals surface area contributed by atoms with Gasteiger partial charge in [-0.25, -0.2) is 13.2 Å². The van der Waals surface area contributed by atoms with Gasteiger partial charge in [-0.15, -0.1) is 0 Å². The fourth-order valence-electron chi connectivity index (χ4n) is 4.13. The Morgan fingerprint density at radius 2 is 2.04 bits per heavy atom. The molecule has 1 aliphatic carbocycles. The van der Waals surface area contributed by atoms with E-state index in [4.69, 9.17) is 4.74 Å². The number of benzene rings is 1. The lowest BCUT2D eigenvalue weighted by Crippen LogP contribution is -2.40. The van der Waals surface area contributed by atoms with Crippen LogP contribution in [0.2, 0.25) is 0 Å². The van der Waals surface area contributed by atoms with Crippen molar-refractivity contribution in [3.8, 4) is 0 Å².